The molecule has 30 heavy (non-hydrogen) atoms. The molecule has 0 saturated carbocycles. The van der Waals surface area contributed by atoms with Crippen molar-refractivity contribution in [2.75, 3.05) is 0 Å². The fourth-order valence-corrected chi connectivity index (χ4v) is 2.74. The maximum Gasteiger partial charge on any atom is 0.416 e. The predicted octanol–water partition coefficient (Wildman–Crippen LogP) is 7.75. The standard InChI is InChI=1S/C15H16BF6O.C7H16/c1-4-8(2)13(16-9(3)23)10-5-11(14(17,18)19)7-12(6-10)15(20,21)22;1-5-7(4)6(2)3/h5-8,13H,4H2,1-3H3;6-7H,5H2,1-4H3/t8-,13?;/m1./s1. The van der Waals surface area contributed by atoms with Gasteiger partial charge in [-0.1, -0.05) is 59.9 Å². The lowest BCUT2D eigenvalue weighted by atomic mass is 9.54. The number of alkyl halides is 6. The van der Waals surface area contributed by atoms with Crippen molar-refractivity contribution < 1.29 is 31.1 Å². The van der Waals surface area contributed by atoms with Gasteiger partial charge in [0.15, 0.2) is 0 Å². The minimum absolute atomic E-state index is 0.0882. The van der Waals surface area contributed by atoms with Crippen LogP contribution >= 0.6 is 0 Å². The summed E-state index contributed by atoms with van der Waals surface area (Å²) >= 11 is 0. The smallest absolute Gasteiger partial charge is 0.312 e. The molecular formula is C22H32BF6O. The lowest BCUT2D eigenvalue weighted by molar-refractivity contribution is -0.143. The first-order valence-corrected chi connectivity index (χ1v) is 10.2. The van der Waals surface area contributed by atoms with E-state index in [9.17, 15) is 31.1 Å². The van der Waals surface area contributed by atoms with Crippen molar-refractivity contribution in [3.05, 3.63) is 34.9 Å². The second-order valence-electron chi connectivity index (χ2n) is 8.16. The first-order chi connectivity index (χ1) is 13.5. The van der Waals surface area contributed by atoms with Crippen molar-refractivity contribution in [3.8, 4) is 0 Å². The molecule has 0 heterocycles. The summed E-state index contributed by atoms with van der Waals surface area (Å²) < 4.78 is 77.4. The van der Waals surface area contributed by atoms with E-state index in [0.29, 0.717) is 18.6 Å². The summed E-state index contributed by atoms with van der Waals surface area (Å²) in [5.41, 5.74) is -3.29. The minimum atomic E-state index is -4.90. The Balaban J connectivity index is 0.00000103. The topological polar surface area (TPSA) is 17.1 Å². The molecule has 171 valence electrons. The molecular weight excluding hydrogens is 405 g/mol. The van der Waals surface area contributed by atoms with Crippen LogP contribution in [0.3, 0.4) is 0 Å². The van der Waals surface area contributed by atoms with Crippen LogP contribution < -0.4 is 0 Å². The van der Waals surface area contributed by atoms with Crippen LogP contribution in [-0.2, 0) is 17.1 Å². The van der Waals surface area contributed by atoms with Gasteiger partial charge in [0.2, 0.25) is 7.28 Å². The van der Waals surface area contributed by atoms with Crippen LogP contribution in [0.1, 0.15) is 83.8 Å². The Morgan fingerprint density at radius 1 is 0.833 bits per heavy atom. The minimum Gasteiger partial charge on any atom is -0.312 e. The summed E-state index contributed by atoms with van der Waals surface area (Å²) in [4.78, 5) is 11.3. The van der Waals surface area contributed by atoms with Gasteiger partial charge in [0.1, 0.15) is 0 Å². The molecule has 1 nitrogen and oxygen atoms in total. The Morgan fingerprint density at radius 2 is 1.23 bits per heavy atom. The fourth-order valence-electron chi connectivity index (χ4n) is 2.74. The normalized spacial score (nSPS) is 15.1. The predicted molar refractivity (Wildman–Crippen MR) is 109 cm³/mol. The molecule has 8 heteroatoms. The van der Waals surface area contributed by atoms with Crippen molar-refractivity contribution >= 4 is 13.0 Å². The van der Waals surface area contributed by atoms with Gasteiger partial charge in [0.05, 0.1) is 16.8 Å². The van der Waals surface area contributed by atoms with Gasteiger partial charge in [-0.05, 0) is 48.7 Å². The zero-order valence-electron chi connectivity index (χ0n) is 18.7. The van der Waals surface area contributed by atoms with E-state index in [4.69, 9.17) is 0 Å². The van der Waals surface area contributed by atoms with Crippen LogP contribution in [0, 0.1) is 17.8 Å². The van der Waals surface area contributed by atoms with Gasteiger partial charge >= 0.3 is 12.4 Å². The SMILES string of the molecule is CCC(C)C(C)C.CC[C@@H](C)C([B]C(C)=O)c1cc(C(F)(F)F)cc(C(F)(F)F)c1. The van der Waals surface area contributed by atoms with Crippen LogP contribution in [0.25, 0.3) is 0 Å². The molecule has 0 spiro atoms. The van der Waals surface area contributed by atoms with Gasteiger partial charge in [-0.2, -0.15) is 26.3 Å². The summed E-state index contributed by atoms with van der Waals surface area (Å²) in [6, 6.07) is 1.46. The Kier molecular flexibility index (Phi) is 11.2. The molecule has 1 radical (unpaired) electrons. The highest BCUT2D eigenvalue weighted by Crippen LogP contribution is 2.39. The lowest BCUT2D eigenvalue weighted by Gasteiger charge is -2.24. The number of benzene rings is 1. The molecule has 0 aliphatic heterocycles. The Bertz CT molecular complexity index is 634. The Hall–Kier alpha value is -1.47. The van der Waals surface area contributed by atoms with Crippen molar-refractivity contribution in [1.29, 1.82) is 0 Å². The molecule has 0 saturated heterocycles. The average Bonchev–Trinajstić information content (AvgIpc) is 2.63. The number of carbonyl (C=O) groups is 1. The van der Waals surface area contributed by atoms with Crippen LogP contribution in [-0.4, -0.2) is 13.0 Å². The first-order valence-electron chi connectivity index (χ1n) is 10.2. The Morgan fingerprint density at radius 3 is 1.47 bits per heavy atom. The molecule has 0 fully saturated rings. The molecule has 1 aromatic rings. The maximum absolute atomic E-state index is 12.9. The summed E-state index contributed by atoms with van der Waals surface area (Å²) in [5, 5.41) is 0. The van der Waals surface area contributed by atoms with Crippen LogP contribution in [0.4, 0.5) is 26.3 Å². The molecule has 2 unspecified atom stereocenters. The van der Waals surface area contributed by atoms with Gasteiger partial charge < -0.3 is 4.79 Å². The molecule has 3 atom stereocenters. The highest BCUT2D eigenvalue weighted by atomic mass is 19.4. The summed E-state index contributed by atoms with van der Waals surface area (Å²) in [6.45, 7) is 13.7. The third-order valence-electron chi connectivity index (χ3n) is 5.45. The van der Waals surface area contributed by atoms with E-state index in [-0.39, 0.29) is 17.5 Å². The Labute approximate surface area is 176 Å². The number of hydrogen-bond donors (Lipinski definition) is 0. The van der Waals surface area contributed by atoms with Crippen LogP contribution in [0.15, 0.2) is 18.2 Å². The van der Waals surface area contributed by atoms with E-state index in [2.05, 4.69) is 27.7 Å². The quantitative estimate of drug-likeness (QED) is 0.315. The van der Waals surface area contributed by atoms with E-state index in [0.717, 1.165) is 11.8 Å². The largest absolute Gasteiger partial charge is 0.416 e. The monoisotopic (exact) mass is 437 g/mol. The lowest BCUT2D eigenvalue weighted by Crippen LogP contribution is -2.23. The fraction of sp³-hybridized carbons (Fsp3) is 0.682. The summed E-state index contributed by atoms with van der Waals surface area (Å²) in [5.74, 6) is 0.689. The van der Waals surface area contributed by atoms with Crippen LogP contribution in [0.5, 0.6) is 0 Å². The molecule has 0 N–H and O–H groups in total. The van der Waals surface area contributed by atoms with E-state index in [1.165, 1.54) is 20.6 Å². The van der Waals surface area contributed by atoms with Crippen LogP contribution in [0.2, 0.25) is 0 Å². The first kappa shape index (κ1) is 28.5. The zero-order chi connectivity index (χ0) is 23.9. The summed E-state index contributed by atoms with van der Waals surface area (Å²) in [7, 11) is 1.17. The number of carbonyl (C=O) groups excluding carboxylic acids is 1. The van der Waals surface area contributed by atoms with Gasteiger partial charge in [-0.25, -0.2) is 0 Å². The zero-order valence-corrected chi connectivity index (χ0v) is 18.7. The van der Waals surface area contributed by atoms with E-state index >= 15 is 0 Å². The molecule has 1 aromatic carbocycles. The maximum atomic E-state index is 12.9. The van der Waals surface area contributed by atoms with Gasteiger partial charge in [-0.3, -0.25) is 0 Å². The number of rotatable bonds is 7. The molecule has 1 rings (SSSR count). The van der Waals surface area contributed by atoms with E-state index in [1.54, 1.807) is 13.8 Å². The van der Waals surface area contributed by atoms with Crippen molar-refractivity contribution in [3.63, 3.8) is 0 Å². The molecule has 0 amide bonds. The van der Waals surface area contributed by atoms with Gasteiger partial charge in [-0.15, -0.1) is 0 Å². The molecule has 0 aromatic heterocycles. The van der Waals surface area contributed by atoms with E-state index in [1.807, 2.05) is 0 Å². The third-order valence-corrected chi connectivity index (χ3v) is 5.45. The summed E-state index contributed by atoms with van der Waals surface area (Å²) in [6.07, 6.45) is -7.97. The van der Waals surface area contributed by atoms with Gasteiger partial charge in [0, 0.05) is 0 Å². The van der Waals surface area contributed by atoms with Crippen molar-refractivity contribution in [1.82, 2.24) is 0 Å². The molecule has 0 aliphatic carbocycles. The average molecular weight is 437 g/mol. The second kappa shape index (κ2) is 11.8. The highest BCUT2D eigenvalue weighted by Gasteiger charge is 2.38. The molecule has 0 aliphatic rings. The van der Waals surface area contributed by atoms with Crippen molar-refractivity contribution in [2.24, 2.45) is 17.8 Å². The number of halogens is 6. The van der Waals surface area contributed by atoms with Gasteiger partial charge in [0.25, 0.3) is 0 Å². The van der Waals surface area contributed by atoms with Crippen molar-refractivity contribution in [2.45, 2.75) is 79.5 Å². The highest BCUT2D eigenvalue weighted by molar-refractivity contribution is 6.74. The second-order valence-corrected chi connectivity index (χ2v) is 8.16. The number of hydrogen-bond acceptors (Lipinski definition) is 1. The third kappa shape index (κ3) is 9.56. The molecule has 0 bridgehead atoms. The van der Waals surface area contributed by atoms with E-state index < -0.39 is 35.0 Å².